The number of hydrogen-bond donors (Lipinski definition) is 0. The summed E-state index contributed by atoms with van der Waals surface area (Å²) in [6, 6.07) is 30.1. The highest BCUT2D eigenvalue weighted by molar-refractivity contribution is 9.10. The van der Waals surface area contributed by atoms with Crippen LogP contribution in [0.5, 0.6) is 0 Å². The third-order valence-corrected chi connectivity index (χ3v) is 6.41. The van der Waals surface area contributed by atoms with E-state index in [4.69, 9.17) is 4.98 Å². The molecule has 0 saturated heterocycles. The Bertz CT molecular complexity index is 1770. The maximum absolute atomic E-state index is 5.06. The van der Waals surface area contributed by atoms with Crippen LogP contribution in [-0.2, 0) is 0 Å². The molecule has 0 spiro atoms. The Kier molecular flexibility index (Phi) is 2.88. The first-order valence-electron chi connectivity index (χ1n) is 9.61. The third-order valence-electron chi connectivity index (χ3n) is 5.91. The molecule has 3 aromatic heterocycles. The van der Waals surface area contributed by atoms with Gasteiger partial charge in [0.15, 0.2) is 0 Å². The number of nitrogens with zero attached hydrogens (tertiary/aromatic N) is 3. The van der Waals surface area contributed by atoms with Crippen molar-refractivity contribution in [2.24, 2.45) is 0 Å². The van der Waals surface area contributed by atoms with Gasteiger partial charge in [0.05, 0.1) is 33.1 Å². The van der Waals surface area contributed by atoms with Gasteiger partial charge in [-0.1, -0.05) is 52.3 Å². The average Bonchev–Trinajstić information content (AvgIpc) is 3.26. The van der Waals surface area contributed by atoms with E-state index in [0.717, 1.165) is 32.1 Å². The molecule has 0 N–H and O–H groups in total. The minimum absolute atomic E-state index is 0.991. The van der Waals surface area contributed by atoms with Gasteiger partial charge >= 0.3 is 0 Å². The Morgan fingerprint density at radius 2 is 1.31 bits per heavy atom. The summed E-state index contributed by atoms with van der Waals surface area (Å²) in [4.78, 5) is 5.06. The fourth-order valence-corrected chi connectivity index (χ4v) is 5.13. The van der Waals surface area contributed by atoms with Crippen LogP contribution in [0.4, 0.5) is 0 Å². The molecule has 0 aliphatic heterocycles. The fraction of sp³-hybridized carbons (Fsp3) is 0. The molecule has 0 bridgehead atoms. The first kappa shape index (κ1) is 15.5. The van der Waals surface area contributed by atoms with E-state index in [1.807, 2.05) is 0 Å². The molecule has 0 aliphatic rings. The molecule has 0 amide bonds. The fourth-order valence-electron chi connectivity index (χ4n) is 4.76. The van der Waals surface area contributed by atoms with Crippen molar-refractivity contribution in [1.29, 1.82) is 0 Å². The van der Waals surface area contributed by atoms with Gasteiger partial charge in [0.1, 0.15) is 5.65 Å². The number of aromatic nitrogens is 3. The van der Waals surface area contributed by atoms with Crippen molar-refractivity contribution < 1.29 is 0 Å². The smallest absolute Gasteiger partial charge is 0.147 e. The maximum atomic E-state index is 5.06. The molecular weight excluding hydrogens is 422 g/mol. The average molecular weight is 436 g/mol. The maximum Gasteiger partial charge on any atom is 0.147 e. The normalized spacial score (nSPS) is 12.3. The summed E-state index contributed by atoms with van der Waals surface area (Å²) in [5.41, 5.74) is 7.87. The number of hydrogen-bond acceptors (Lipinski definition) is 1. The van der Waals surface area contributed by atoms with Gasteiger partial charge < -0.3 is 4.40 Å². The summed E-state index contributed by atoms with van der Waals surface area (Å²) < 4.78 is 5.79. The molecule has 3 heterocycles. The topological polar surface area (TPSA) is 21.7 Å². The number of halogens is 1. The SMILES string of the molecule is Brc1ccc2c(c1)c1cccc3c4nc5ccccc5n4c4ccccc4n2c13. The van der Waals surface area contributed by atoms with Crippen LogP contribution >= 0.6 is 15.9 Å². The molecule has 4 aromatic carbocycles. The van der Waals surface area contributed by atoms with Crippen LogP contribution in [0, 0.1) is 0 Å². The van der Waals surface area contributed by atoms with E-state index < -0.39 is 0 Å². The zero-order valence-electron chi connectivity index (χ0n) is 15.3. The van der Waals surface area contributed by atoms with Gasteiger partial charge in [0.2, 0.25) is 0 Å². The zero-order valence-corrected chi connectivity index (χ0v) is 16.9. The summed E-state index contributed by atoms with van der Waals surface area (Å²) >= 11 is 3.65. The predicted molar refractivity (Wildman–Crippen MR) is 124 cm³/mol. The van der Waals surface area contributed by atoms with Crippen LogP contribution in [-0.4, -0.2) is 13.8 Å². The van der Waals surface area contributed by atoms with Gasteiger partial charge in [-0.2, -0.15) is 0 Å². The zero-order chi connectivity index (χ0) is 19.1. The molecule has 4 heteroatoms. The van der Waals surface area contributed by atoms with Crippen LogP contribution in [0.1, 0.15) is 0 Å². The highest BCUT2D eigenvalue weighted by atomic mass is 79.9. The number of fused-ring (bicyclic) bond motifs is 10. The Morgan fingerprint density at radius 3 is 2.17 bits per heavy atom. The minimum Gasteiger partial charge on any atom is -0.306 e. The largest absolute Gasteiger partial charge is 0.306 e. The van der Waals surface area contributed by atoms with Crippen LogP contribution in [0.25, 0.3) is 54.9 Å². The van der Waals surface area contributed by atoms with Crippen molar-refractivity contribution >= 4 is 70.8 Å². The van der Waals surface area contributed by atoms with E-state index in [-0.39, 0.29) is 0 Å². The molecule has 0 saturated carbocycles. The van der Waals surface area contributed by atoms with Crippen LogP contribution in [0.15, 0.2) is 89.4 Å². The molecule has 29 heavy (non-hydrogen) atoms. The Balaban J connectivity index is 1.98. The van der Waals surface area contributed by atoms with Crippen molar-refractivity contribution in [3.8, 4) is 0 Å². The van der Waals surface area contributed by atoms with E-state index >= 15 is 0 Å². The summed E-state index contributed by atoms with van der Waals surface area (Å²) in [7, 11) is 0. The highest BCUT2D eigenvalue weighted by Crippen LogP contribution is 2.37. The molecule has 136 valence electrons. The number of para-hydroxylation sites is 5. The summed E-state index contributed by atoms with van der Waals surface area (Å²) in [5.74, 6) is 0. The van der Waals surface area contributed by atoms with Gasteiger partial charge in [-0.05, 0) is 48.5 Å². The number of imidazole rings is 1. The van der Waals surface area contributed by atoms with Gasteiger partial charge in [0, 0.05) is 20.6 Å². The molecule has 7 aromatic rings. The molecule has 0 atom stereocenters. The van der Waals surface area contributed by atoms with Crippen molar-refractivity contribution in [3.05, 3.63) is 89.4 Å². The Labute approximate surface area is 173 Å². The minimum atomic E-state index is 0.991. The quantitative estimate of drug-likeness (QED) is 0.252. The van der Waals surface area contributed by atoms with Crippen LogP contribution in [0.2, 0.25) is 0 Å². The van der Waals surface area contributed by atoms with Crippen molar-refractivity contribution in [2.45, 2.75) is 0 Å². The molecule has 0 radical (unpaired) electrons. The van der Waals surface area contributed by atoms with Crippen LogP contribution < -0.4 is 0 Å². The predicted octanol–water partition coefficient (Wildman–Crippen LogP) is 6.96. The van der Waals surface area contributed by atoms with E-state index in [1.54, 1.807) is 0 Å². The highest BCUT2D eigenvalue weighted by Gasteiger charge is 2.17. The second kappa shape index (κ2) is 5.37. The van der Waals surface area contributed by atoms with E-state index in [9.17, 15) is 0 Å². The van der Waals surface area contributed by atoms with Crippen molar-refractivity contribution in [3.63, 3.8) is 0 Å². The van der Waals surface area contributed by atoms with E-state index in [0.29, 0.717) is 0 Å². The summed E-state index contributed by atoms with van der Waals surface area (Å²) in [6.07, 6.45) is 0. The Hall–Kier alpha value is -3.37. The molecular formula is C25H14BrN3. The van der Waals surface area contributed by atoms with Gasteiger partial charge in [0.25, 0.3) is 0 Å². The number of benzene rings is 4. The molecule has 0 fully saturated rings. The summed E-state index contributed by atoms with van der Waals surface area (Å²) in [5, 5.41) is 3.65. The monoisotopic (exact) mass is 435 g/mol. The van der Waals surface area contributed by atoms with Gasteiger partial charge in [-0.3, -0.25) is 4.40 Å². The van der Waals surface area contributed by atoms with Crippen molar-refractivity contribution in [2.75, 3.05) is 0 Å². The lowest BCUT2D eigenvalue weighted by molar-refractivity contribution is 1.30. The van der Waals surface area contributed by atoms with E-state index in [2.05, 4.69) is 110 Å². The summed E-state index contributed by atoms with van der Waals surface area (Å²) in [6.45, 7) is 0. The van der Waals surface area contributed by atoms with Crippen LogP contribution in [0.3, 0.4) is 0 Å². The van der Waals surface area contributed by atoms with Gasteiger partial charge in [-0.15, -0.1) is 0 Å². The molecule has 0 unspecified atom stereocenters. The lowest BCUT2D eigenvalue weighted by Gasteiger charge is -2.02. The van der Waals surface area contributed by atoms with Gasteiger partial charge in [-0.25, -0.2) is 4.98 Å². The Morgan fingerprint density at radius 1 is 0.586 bits per heavy atom. The molecule has 7 rings (SSSR count). The first-order valence-corrected chi connectivity index (χ1v) is 10.4. The van der Waals surface area contributed by atoms with E-state index in [1.165, 1.54) is 27.3 Å². The number of rotatable bonds is 0. The third kappa shape index (κ3) is 1.89. The molecule has 0 aliphatic carbocycles. The molecule has 3 nitrogen and oxygen atoms in total. The second-order valence-corrected chi connectivity index (χ2v) is 8.36. The van der Waals surface area contributed by atoms with Crippen molar-refractivity contribution in [1.82, 2.24) is 13.8 Å². The standard InChI is InChI=1S/C25H14BrN3/c26-15-12-13-20-18(14-15)16-6-5-7-17-24(16)28(20)22-10-3-4-11-23(22)29-21-9-2-1-8-19(21)27-25(17)29/h1-14H. The lowest BCUT2D eigenvalue weighted by atomic mass is 10.1. The first-order chi connectivity index (χ1) is 14.3. The lowest BCUT2D eigenvalue weighted by Crippen LogP contribution is -1.87. The second-order valence-electron chi connectivity index (χ2n) is 7.45.